The molecule has 0 aromatic carbocycles. The van der Waals surface area contributed by atoms with Crippen LogP contribution < -0.4 is 11.1 Å². The molecule has 16 heavy (non-hydrogen) atoms. The maximum absolute atomic E-state index is 11.8. The van der Waals surface area contributed by atoms with Crippen LogP contribution in [0, 0.1) is 5.41 Å². The molecule has 0 aromatic rings. The molecular formula is C11H23ClN2OS. The molecule has 1 saturated heterocycles. The van der Waals surface area contributed by atoms with Gasteiger partial charge in [0.2, 0.25) is 5.91 Å². The Labute approximate surface area is 109 Å². The molecule has 0 radical (unpaired) electrons. The molecule has 1 rings (SSSR count). The zero-order valence-corrected chi connectivity index (χ0v) is 11.9. The smallest absolute Gasteiger partial charge is 0.237 e. The number of nitrogens with one attached hydrogen (secondary N) is 1. The van der Waals surface area contributed by atoms with Gasteiger partial charge in [-0.2, -0.15) is 11.8 Å². The maximum Gasteiger partial charge on any atom is 0.237 e. The van der Waals surface area contributed by atoms with E-state index in [0.29, 0.717) is 6.04 Å². The Kier molecular flexibility index (Phi) is 6.75. The highest BCUT2D eigenvalue weighted by atomic mass is 35.5. The van der Waals surface area contributed by atoms with Gasteiger partial charge in [-0.3, -0.25) is 4.79 Å². The Hall–Kier alpha value is 0.0700. The molecule has 1 fully saturated rings. The van der Waals surface area contributed by atoms with Crippen molar-refractivity contribution in [2.45, 2.75) is 45.7 Å². The molecule has 3 nitrogen and oxygen atoms in total. The van der Waals surface area contributed by atoms with Crippen molar-refractivity contribution in [3.63, 3.8) is 0 Å². The molecule has 1 atom stereocenters. The van der Waals surface area contributed by atoms with Gasteiger partial charge in [-0.15, -0.1) is 12.4 Å². The lowest BCUT2D eigenvalue weighted by atomic mass is 9.86. The normalized spacial score (nSPS) is 19.8. The fourth-order valence-corrected chi connectivity index (χ4v) is 2.63. The van der Waals surface area contributed by atoms with E-state index in [1.54, 1.807) is 0 Å². The highest BCUT2D eigenvalue weighted by Gasteiger charge is 2.29. The highest BCUT2D eigenvalue weighted by Crippen LogP contribution is 2.20. The van der Waals surface area contributed by atoms with Crippen LogP contribution in [0.15, 0.2) is 0 Å². The van der Waals surface area contributed by atoms with E-state index in [0.717, 1.165) is 24.3 Å². The van der Waals surface area contributed by atoms with Crippen molar-refractivity contribution >= 4 is 30.1 Å². The van der Waals surface area contributed by atoms with Crippen LogP contribution >= 0.6 is 24.2 Å². The zero-order chi connectivity index (χ0) is 11.5. The van der Waals surface area contributed by atoms with Crippen molar-refractivity contribution in [3.05, 3.63) is 0 Å². The average Bonchev–Trinajstić information content (AvgIpc) is 2.16. The highest BCUT2D eigenvalue weighted by molar-refractivity contribution is 7.99. The largest absolute Gasteiger partial charge is 0.352 e. The third-order valence-corrected chi connectivity index (χ3v) is 3.83. The van der Waals surface area contributed by atoms with Crippen LogP contribution in [0.5, 0.6) is 0 Å². The third kappa shape index (κ3) is 4.93. The van der Waals surface area contributed by atoms with Gasteiger partial charge >= 0.3 is 0 Å². The standard InChI is InChI=1S/C11H22N2OS.ClH/c1-11(2,3)9(12)10(14)13-8-4-6-15-7-5-8;/h8-9H,4-7,12H2,1-3H3,(H,13,14);1H/t9-;/m1./s1. The predicted octanol–water partition coefficient (Wildman–Crippen LogP) is 1.79. The van der Waals surface area contributed by atoms with Crippen molar-refractivity contribution in [1.29, 1.82) is 0 Å². The SMILES string of the molecule is CC(C)(C)[C@H](N)C(=O)NC1CCSCC1.Cl. The number of carbonyl (C=O) groups excluding carboxylic acids is 1. The molecule has 1 heterocycles. The topological polar surface area (TPSA) is 55.1 Å². The zero-order valence-electron chi connectivity index (χ0n) is 10.3. The van der Waals surface area contributed by atoms with E-state index in [9.17, 15) is 4.79 Å². The molecule has 1 aliphatic rings. The number of halogens is 1. The van der Waals surface area contributed by atoms with Gasteiger partial charge in [-0.05, 0) is 29.8 Å². The first-order valence-electron chi connectivity index (χ1n) is 5.55. The number of hydrogen-bond donors (Lipinski definition) is 2. The summed E-state index contributed by atoms with van der Waals surface area (Å²) < 4.78 is 0. The van der Waals surface area contributed by atoms with Crippen molar-refractivity contribution in [2.24, 2.45) is 11.1 Å². The second-order valence-corrected chi connectivity index (χ2v) is 6.46. The van der Waals surface area contributed by atoms with Crippen molar-refractivity contribution in [3.8, 4) is 0 Å². The lowest BCUT2D eigenvalue weighted by molar-refractivity contribution is -0.125. The number of nitrogens with two attached hydrogens (primary N) is 1. The van der Waals surface area contributed by atoms with Gasteiger partial charge in [0.05, 0.1) is 6.04 Å². The average molecular weight is 267 g/mol. The minimum atomic E-state index is -0.410. The number of thioether (sulfide) groups is 1. The molecular weight excluding hydrogens is 244 g/mol. The third-order valence-electron chi connectivity index (χ3n) is 2.78. The molecule has 1 amide bonds. The van der Waals surface area contributed by atoms with E-state index in [4.69, 9.17) is 5.73 Å². The van der Waals surface area contributed by atoms with Gasteiger partial charge in [0, 0.05) is 6.04 Å². The van der Waals surface area contributed by atoms with Gasteiger partial charge in [-0.25, -0.2) is 0 Å². The first kappa shape index (κ1) is 16.1. The molecule has 0 bridgehead atoms. The fourth-order valence-electron chi connectivity index (χ4n) is 1.53. The number of amides is 1. The Morgan fingerprint density at radius 2 is 1.88 bits per heavy atom. The fraction of sp³-hybridized carbons (Fsp3) is 0.909. The van der Waals surface area contributed by atoms with E-state index in [2.05, 4.69) is 5.32 Å². The second-order valence-electron chi connectivity index (χ2n) is 5.24. The lowest BCUT2D eigenvalue weighted by Crippen LogP contribution is -2.51. The van der Waals surface area contributed by atoms with Crippen molar-refractivity contribution < 1.29 is 4.79 Å². The quantitative estimate of drug-likeness (QED) is 0.801. The summed E-state index contributed by atoms with van der Waals surface area (Å²) in [6.07, 6.45) is 2.15. The van der Waals surface area contributed by atoms with Crippen molar-refractivity contribution in [1.82, 2.24) is 5.32 Å². The van der Waals surface area contributed by atoms with Gasteiger partial charge in [0.1, 0.15) is 0 Å². The summed E-state index contributed by atoms with van der Waals surface area (Å²) in [6, 6.07) is -0.0702. The van der Waals surface area contributed by atoms with Gasteiger partial charge in [-0.1, -0.05) is 20.8 Å². The minimum Gasteiger partial charge on any atom is -0.352 e. The summed E-state index contributed by atoms with van der Waals surface area (Å²) in [6.45, 7) is 5.98. The van der Waals surface area contributed by atoms with E-state index >= 15 is 0 Å². The van der Waals surface area contributed by atoms with Gasteiger partial charge in [0.15, 0.2) is 0 Å². The number of rotatable bonds is 2. The van der Waals surface area contributed by atoms with E-state index in [1.165, 1.54) is 0 Å². The van der Waals surface area contributed by atoms with Crippen LogP contribution in [-0.4, -0.2) is 29.5 Å². The lowest BCUT2D eigenvalue weighted by Gasteiger charge is -2.29. The molecule has 0 aromatic heterocycles. The van der Waals surface area contributed by atoms with Gasteiger partial charge < -0.3 is 11.1 Å². The molecule has 5 heteroatoms. The molecule has 0 aliphatic carbocycles. The molecule has 1 aliphatic heterocycles. The first-order valence-corrected chi connectivity index (χ1v) is 6.70. The van der Waals surface area contributed by atoms with Crippen LogP contribution in [0.4, 0.5) is 0 Å². The van der Waals surface area contributed by atoms with Crippen LogP contribution in [0.3, 0.4) is 0 Å². The summed E-state index contributed by atoms with van der Waals surface area (Å²) >= 11 is 1.96. The van der Waals surface area contributed by atoms with Crippen LogP contribution in [0.1, 0.15) is 33.6 Å². The van der Waals surface area contributed by atoms with Gasteiger partial charge in [0.25, 0.3) is 0 Å². The number of carbonyl (C=O) groups is 1. The number of hydrogen-bond acceptors (Lipinski definition) is 3. The minimum absolute atomic E-state index is 0. The summed E-state index contributed by atoms with van der Waals surface area (Å²) in [5.41, 5.74) is 5.73. The molecule has 0 saturated carbocycles. The monoisotopic (exact) mass is 266 g/mol. The predicted molar refractivity (Wildman–Crippen MR) is 73.2 cm³/mol. The summed E-state index contributed by atoms with van der Waals surface area (Å²) in [5, 5.41) is 3.05. The van der Waals surface area contributed by atoms with Crippen LogP contribution in [0.25, 0.3) is 0 Å². The summed E-state index contributed by atoms with van der Waals surface area (Å²) in [4.78, 5) is 11.8. The molecule has 0 unspecified atom stereocenters. The van der Waals surface area contributed by atoms with Crippen molar-refractivity contribution in [2.75, 3.05) is 11.5 Å². The summed E-state index contributed by atoms with van der Waals surface area (Å²) in [5.74, 6) is 2.30. The molecule has 3 N–H and O–H groups in total. The second kappa shape index (κ2) is 6.72. The van der Waals surface area contributed by atoms with E-state index < -0.39 is 6.04 Å². The molecule has 0 spiro atoms. The Balaban J connectivity index is 0.00000225. The van der Waals surface area contributed by atoms with E-state index in [1.807, 2.05) is 32.5 Å². The first-order chi connectivity index (χ1) is 6.91. The Morgan fingerprint density at radius 3 is 2.31 bits per heavy atom. The Morgan fingerprint density at radius 1 is 1.38 bits per heavy atom. The van der Waals surface area contributed by atoms with Crippen LogP contribution in [-0.2, 0) is 4.79 Å². The maximum atomic E-state index is 11.8. The van der Waals surface area contributed by atoms with E-state index in [-0.39, 0.29) is 23.7 Å². The Bertz CT molecular complexity index is 225. The molecule has 96 valence electrons. The van der Waals surface area contributed by atoms with Crippen LogP contribution in [0.2, 0.25) is 0 Å². The summed E-state index contributed by atoms with van der Waals surface area (Å²) in [7, 11) is 0.